The first-order valence-corrected chi connectivity index (χ1v) is 16.2. The summed E-state index contributed by atoms with van der Waals surface area (Å²) in [5, 5.41) is 13.3. The fourth-order valence-electron chi connectivity index (χ4n) is 7.23. The highest BCUT2D eigenvalue weighted by molar-refractivity contribution is 5.60. The maximum absolute atomic E-state index is 16.0. The first-order valence-electron chi connectivity index (χ1n) is 16.2. The lowest BCUT2D eigenvalue weighted by molar-refractivity contribution is -0.0918. The van der Waals surface area contributed by atoms with Crippen LogP contribution in [0.25, 0.3) is 0 Å². The molecule has 2 unspecified atom stereocenters. The van der Waals surface area contributed by atoms with Crippen LogP contribution in [0.1, 0.15) is 106 Å². The monoisotopic (exact) mass is 628 g/mol. The minimum absolute atomic E-state index is 0.105. The smallest absolute Gasteiger partial charge is 0.278 e. The second-order valence-corrected chi connectivity index (χ2v) is 13.0. The zero-order valence-electron chi connectivity index (χ0n) is 26.2. The predicted octanol–water partition coefficient (Wildman–Crippen LogP) is 6.68. The Bertz CT molecular complexity index is 1490. The van der Waals surface area contributed by atoms with Gasteiger partial charge in [0.05, 0.1) is 23.4 Å². The van der Waals surface area contributed by atoms with E-state index >= 15 is 13.2 Å². The molecule has 3 atom stereocenters. The Morgan fingerprint density at radius 1 is 1.04 bits per heavy atom. The average Bonchev–Trinajstić information content (AvgIpc) is 3.83. The van der Waals surface area contributed by atoms with Gasteiger partial charge in [-0.15, -0.1) is 0 Å². The standard InChI is InChI=1S/C34H44F4N6O/c1-22-26-9-7-10-28(30(26)36)34(37,38)24-11-16-43(17-12-24)25(19-35)8-5-3-4-6-15-44-31(41-21-40)27(23(2)42-22)18-29(32(44)45)33(20-39)13-14-33/h7,9-10,18,21-25,42H,3-6,8,11-17,19H2,1-2H3,(H2,40,41)/t22-,23?,25?/m1/s1. The van der Waals surface area contributed by atoms with Gasteiger partial charge in [-0.1, -0.05) is 37.5 Å². The van der Waals surface area contributed by atoms with E-state index in [-0.39, 0.29) is 30.0 Å². The van der Waals surface area contributed by atoms with E-state index in [1.54, 1.807) is 17.6 Å². The van der Waals surface area contributed by atoms with Crippen LogP contribution in [0.4, 0.5) is 23.4 Å². The molecule has 4 heterocycles. The summed E-state index contributed by atoms with van der Waals surface area (Å²) in [5.41, 5.74) is 5.10. The number of nitriles is 1. The molecule has 6 rings (SSSR count). The molecule has 0 amide bonds. The Morgan fingerprint density at radius 2 is 1.73 bits per heavy atom. The Hall–Kier alpha value is -3.23. The van der Waals surface area contributed by atoms with E-state index < -0.39 is 47.4 Å². The number of aliphatic imine (C=N–C) groups is 1. The topological polar surface area (TPSA) is 99.4 Å². The molecule has 11 heteroatoms. The van der Waals surface area contributed by atoms with E-state index in [2.05, 4.69) is 16.4 Å². The van der Waals surface area contributed by atoms with Gasteiger partial charge in [-0.05, 0) is 71.5 Å². The summed E-state index contributed by atoms with van der Waals surface area (Å²) in [5.74, 6) is -5.02. The normalized spacial score (nSPS) is 28.7. The van der Waals surface area contributed by atoms with E-state index in [0.717, 1.165) is 31.7 Å². The number of hydrogen-bond donors (Lipinski definition) is 2. The van der Waals surface area contributed by atoms with Crippen molar-refractivity contribution >= 4 is 12.2 Å². The van der Waals surface area contributed by atoms with Crippen LogP contribution in [-0.2, 0) is 17.9 Å². The van der Waals surface area contributed by atoms with Crippen LogP contribution in [0.15, 0.2) is 34.1 Å². The van der Waals surface area contributed by atoms with Crippen molar-refractivity contribution in [1.82, 2.24) is 14.8 Å². The molecule has 2 fully saturated rings. The summed E-state index contributed by atoms with van der Waals surface area (Å²) in [6.45, 7) is 4.06. The van der Waals surface area contributed by atoms with Crippen molar-refractivity contribution in [3.63, 3.8) is 0 Å². The van der Waals surface area contributed by atoms with Crippen molar-refractivity contribution in [3.05, 3.63) is 62.7 Å². The quantitative estimate of drug-likeness (QED) is 0.225. The maximum atomic E-state index is 16.0. The highest BCUT2D eigenvalue weighted by atomic mass is 19.3. The number of aromatic nitrogens is 1. The summed E-state index contributed by atoms with van der Waals surface area (Å²) < 4.78 is 63.5. The summed E-state index contributed by atoms with van der Waals surface area (Å²) in [7, 11) is 0. The molecule has 4 aliphatic rings. The third-order valence-electron chi connectivity index (χ3n) is 10.2. The fraction of sp³-hybridized carbons (Fsp3) is 0.618. The van der Waals surface area contributed by atoms with Crippen LogP contribution in [0, 0.1) is 23.1 Å². The van der Waals surface area contributed by atoms with Crippen molar-refractivity contribution in [2.45, 2.75) is 108 Å². The van der Waals surface area contributed by atoms with E-state index in [1.165, 1.54) is 12.1 Å². The van der Waals surface area contributed by atoms with Crippen LogP contribution in [0.2, 0.25) is 0 Å². The van der Waals surface area contributed by atoms with E-state index in [0.29, 0.717) is 62.3 Å². The second kappa shape index (κ2) is 13.6. The van der Waals surface area contributed by atoms with Crippen molar-refractivity contribution in [1.29, 1.82) is 5.26 Å². The Labute approximate surface area is 262 Å². The SMILES string of the molecule is CC1N[C@H](C)c2cccc(c2F)C(F)(F)C2CCN(CC2)C(CF)CCCCCCn2c(/N=C\N)c1cc(C1(C#N)CC1)c2=O. The number of nitrogens with zero attached hydrogens (tertiary/aromatic N) is 4. The number of halogens is 4. The molecule has 0 radical (unpaired) electrons. The number of nitrogens with one attached hydrogen (secondary N) is 1. The van der Waals surface area contributed by atoms with Gasteiger partial charge in [-0.3, -0.25) is 14.3 Å². The van der Waals surface area contributed by atoms with Gasteiger partial charge >= 0.3 is 0 Å². The number of pyridine rings is 1. The molecule has 1 aromatic carbocycles. The van der Waals surface area contributed by atoms with Crippen LogP contribution in [0.3, 0.4) is 0 Å². The highest BCUT2D eigenvalue weighted by Gasteiger charge is 2.48. The van der Waals surface area contributed by atoms with Crippen LogP contribution in [-0.4, -0.2) is 41.6 Å². The van der Waals surface area contributed by atoms with Gasteiger partial charge in [-0.25, -0.2) is 22.6 Å². The highest BCUT2D eigenvalue weighted by Crippen LogP contribution is 2.48. The Morgan fingerprint density at radius 3 is 2.38 bits per heavy atom. The zero-order chi connectivity index (χ0) is 32.4. The third-order valence-corrected chi connectivity index (χ3v) is 10.2. The Kier molecular flexibility index (Phi) is 10.0. The summed E-state index contributed by atoms with van der Waals surface area (Å²) in [6, 6.07) is 6.64. The van der Waals surface area contributed by atoms with Crippen molar-refractivity contribution in [2.24, 2.45) is 16.6 Å². The molecule has 6 bridgehead atoms. The van der Waals surface area contributed by atoms with Gasteiger partial charge in [0.25, 0.3) is 11.5 Å². The molecule has 3 aliphatic heterocycles. The van der Waals surface area contributed by atoms with Gasteiger partial charge < -0.3 is 11.1 Å². The lowest BCUT2D eigenvalue weighted by atomic mass is 9.84. The number of alkyl halides is 3. The van der Waals surface area contributed by atoms with Crippen molar-refractivity contribution in [2.75, 3.05) is 19.8 Å². The molecule has 1 saturated carbocycles. The fourth-order valence-corrected chi connectivity index (χ4v) is 7.23. The average molecular weight is 629 g/mol. The van der Waals surface area contributed by atoms with Crippen LogP contribution >= 0.6 is 0 Å². The van der Waals surface area contributed by atoms with E-state index in [9.17, 15) is 14.4 Å². The molecule has 1 saturated heterocycles. The van der Waals surface area contributed by atoms with E-state index in [1.807, 2.05) is 11.8 Å². The van der Waals surface area contributed by atoms with Crippen molar-refractivity contribution in [3.8, 4) is 6.07 Å². The van der Waals surface area contributed by atoms with Crippen LogP contribution in [0.5, 0.6) is 0 Å². The molecule has 244 valence electrons. The first kappa shape index (κ1) is 33.1. The minimum atomic E-state index is -3.38. The Balaban J connectivity index is 1.57. The second-order valence-electron chi connectivity index (χ2n) is 13.0. The molecular weight excluding hydrogens is 584 g/mol. The predicted molar refractivity (Wildman–Crippen MR) is 167 cm³/mol. The van der Waals surface area contributed by atoms with Crippen LogP contribution < -0.4 is 16.6 Å². The maximum Gasteiger partial charge on any atom is 0.278 e. The van der Waals surface area contributed by atoms with E-state index in [4.69, 9.17) is 5.73 Å². The number of fused-ring (bicyclic) bond motifs is 10. The van der Waals surface area contributed by atoms with Gasteiger partial charge in [0.15, 0.2) is 0 Å². The number of rotatable bonds is 3. The molecular formula is C34H44F4N6O. The summed E-state index contributed by atoms with van der Waals surface area (Å²) >= 11 is 0. The minimum Gasteiger partial charge on any atom is -0.390 e. The van der Waals surface area contributed by atoms with Gasteiger partial charge in [0, 0.05) is 47.3 Å². The third kappa shape index (κ3) is 6.54. The lowest BCUT2D eigenvalue weighted by Gasteiger charge is -2.39. The lowest BCUT2D eigenvalue weighted by Crippen LogP contribution is -2.45. The molecule has 1 aromatic heterocycles. The summed E-state index contributed by atoms with van der Waals surface area (Å²) in [4.78, 5) is 20.1. The number of benzene rings is 1. The van der Waals surface area contributed by atoms with Gasteiger partial charge in [0.1, 0.15) is 18.3 Å². The zero-order valence-corrected chi connectivity index (χ0v) is 26.2. The van der Waals surface area contributed by atoms with Crippen molar-refractivity contribution < 1.29 is 17.6 Å². The molecule has 7 nitrogen and oxygen atoms in total. The number of piperidine rings is 1. The van der Waals surface area contributed by atoms with Gasteiger partial charge in [-0.2, -0.15) is 5.26 Å². The summed E-state index contributed by atoms with van der Waals surface area (Å²) in [6.07, 6.45) is 6.30. The number of nitrogens with two attached hydrogens (primary N) is 1. The number of hydrogen-bond acceptors (Lipinski definition) is 5. The molecule has 45 heavy (non-hydrogen) atoms. The first-order chi connectivity index (χ1) is 21.6. The molecule has 0 spiro atoms. The largest absolute Gasteiger partial charge is 0.390 e. The molecule has 1 aliphatic carbocycles. The van der Waals surface area contributed by atoms with Gasteiger partial charge in [0.2, 0.25) is 0 Å². The molecule has 3 N–H and O–H groups in total. The molecule has 2 aromatic rings.